The van der Waals surface area contributed by atoms with Crippen molar-refractivity contribution in [1.82, 2.24) is 0 Å². The standard InChI is InChI=1S/C16H24O4.C15H24O4/c1-8-3-12-14(19-12)5-10(8)7-18-16(17)11-6-15-13(20-15)4-9(11)2;1-4-11-12(18-11)7-9(2)14(16)17-10-5-6-15(3)13(8-10)19-15/h8-15H,3-7H2,1-2H3;9-13H,4-8H2,1-3H3. The number of esters is 2. The van der Waals surface area contributed by atoms with Crippen LogP contribution in [-0.2, 0) is 38.0 Å². The van der Waals surface area contributed by atoms with E-state index in [2.05, 4.69) is 27.7 Å². The number of carbonyl (C=O) groups is 2. The first-order valence-electron chi connectivity index (χ1n) is 15.6. The van der Waals surface area contributed by atoms with Gasteiger partial charge in [-0.3, -0.25) is 9.59 Å². The Labute approximate surface area is 233 Å². The molecule has 39 heavy (non-hydrogen) atoms. The Morgan fingerprint density at radius 2 is 1.62 bits per heavy atom. The minimum atomic E-state index is -0.0698. The van der Waals surface area contributed by atoms with Crippen LogP contribution in [0.3, 0.4) is 0 Å². The maximum absolute atomic E-state index is 12.3. The summed E-state index contributed by atoms with van der Waals surface area (Å²) in [6, 6.07) is 0. The molecule has 220 valence electrons. The summed E-state index contributed by atoms with van der Waals surface area (Å²) < 4.78 is 33.5. The summed E-state index contributed by atoms with van der Waals surface area (Å²) in [6.45, 7) is 11.2. The highest BCUT2D eigenvalue weighted by Gasteiger charge is 2.56. The van der Waals surface area contributed by atoms with E-state index in [9.17, 15) is 9.59 Å². The van der Waals surface area contributed by atoms with Gasteiger partial charge in [0.25, 0.3) is 0 Å². The Balaban J connectivity index is 0.000000142. The molecule has 3 saturated carbocycles. The van der Waals surface area contributed by atoms with Crippen molar-refractivity contribution in [3.8, 4) is 0 Å². The van der Waals surface area contributed by atoms with Crippen LogP contribution in [0.2, 0.25) is 0 Å². The van der Waals surface area contributed by atoms with Crippen molar-refractivity contribution in [2.45, 2.75) is 147 Å². The molecule has 0 aromatic rings. The first kappa shape index (κ1) is 27.9. The van der Waals surface area contributed by atoms with E-state index in [0.29, 0.717) is 61.0 Å². The minimum absolute atomic E-state index is 0.00233. The lowest BCUT2D eigenvalue weighted by atomic mass is 9.80. The molecule has 4 aliphatic heterocycles. The van der Waals surface area contributed by atoms with Gasteiger partial charge in [-0.05, 0) is 76.0 Å². The van der Waals surface area contributed by atoms with Gasteiger partial charge in [0.1, 0.15) is 6.10 Å². The fourth-order valence-corrected chi connectivity index (χ4v) is 7.34. The Kier molecular flexibility index (Phi) is 7.79. The van der Waals surface area contributed by atoms with E-state index < -0.39 is 0 Å². The fraction of sp³-hybridized carbons (Fsp3) is 0.935. The molecule has 0 aromatic heterocycles. The van der Waals surface area contributed by atoms with Gasteiger partial charge >= 0.3 is 11.9 Å². The zero-order chi connectivity index (χ0) is 27.5. The number of rotatable bonds is 8. The quantitative estimate of drug-likeness (QED) is 0.320. The molecular formula is C31H48O8. The predicted molar refractivity (Wildman–Crippen MR) is 142 cm³/mol. The van der Waals surface area contributed by atoms with Gasteiger partial charge in [0, 0.05) is 6.42 Å². The van der Waals surface area contributed by atoms with Gasteiger partial charge in [-0.15, -0.1) is 0 Å². The van der Waals surface area contributed by atoms with Crippen LogP contribution in [0.15, 0.2) is 0 Å². The molecule has 8 heteroatoms. The zero-order valence-corrected chi connectivity index (χ0v) is 24.3. The van der Waals surface area contributed by atoms with Crippen molar-refractivity contribution < 1.29 is 38.0 Å². The SMILES string of the molecule is CC1CC2OC2CC1COC(=O)C1CC2OC2CC1C.CCC1OC1CC(C)C(=O)OC1CCC2(C)OC2C1. The maximum atomic E-state index is 12.3. The first-order chi connectivity index (χ1) is 18.6. The Hall–Kier alpha value is -1.22. The van der Waals surface area contributed by atoms with Gasteiger partial charge in [0.05, 0.1) is 66.8 Å². The van der Waals surface area contributed by atoms with E-state index in [1.165, 1.54) is 0 Å². The van der Waals surface area contributed by atoms with Crippen molar-refractivity contribution in [3.63, 3.8) is 0 Å². The topological polar surface area (TPSA) is 103 Å². The van der Waals surface area contributed by atoms with E-state index in [1.807, 2.05) is 6.92 Å². The first-order valence-corrected chi connectivity index (χ1v) is 15.6. The van der Waals surface area contributed by atoms with Gasteiger partial charge in [0.2, 0.25) is 0 Å². The second-order valence-electron chi connectivity index (χ2n) is 13.8. The summed E-state index contributed by atoms with van der Waals surface area (Å²) >= 11 is 0. The van der Waals surface area contributed by atoms with Gasteiger partial charge in [0.15, 0.2) is 0 Å². The molecule has 4 saturated heterocycles. The van der Waals surface area contributed by atoms with Crippen molar-refractivity contribution >= 4 is 11.9 Å². The highest BCUT2D eigenvalue weighted by molar-refractivity contribution is 5.73. The van der Waals surface area contributed by atoms with E-state index in [4.69, 9.17) is 28.4 Å². The highest BCUT2D eigenvalue weighted by atomic mass is 16.6. The molecular weight excluding hydrogens is 500 g/mol. The Morgan fingerprint density at radius 1 is 0.923 bits per heavy atom. The largest absolute Gasteiger partial charge is 0.465 e. The number of ether oxygens (including phenoxy) is 6. The summed E-state index contributed by atoms with van der Waals surface area (Å²) in [5.74, 6) is 1.39. The van der Waals surface area contributed by atoms with Crippen molar-refractivity contribution in [1.29, 1.82) is 0 Å². The van der Waals surface area contributed by atoms with E-state index in [1.54, 1.807) is 0 Å². The number of hydrogen-bond donors (Lipinski definition) is 0. The third-order valence-corrected chi connectivity index (χ3v) is 10.7. The molecule has 0 amide bonds. The molecule has 14 atom stereocenters. The van der Waals surface area contributed by atoms with Crippen LogP contribution in [0.1, 0.15) is 92.4 Å². The van der Waals surface area contributed by atoms with Crippen LogP contribution >= 0.6 is 0 Å². The van der Waals surface area contributed by atoms with Gasteiger partial charge in [-0.25, -0.2) is 0 Å². The van der Waals surface area contributed by atoms with Crippen LogP contribution in [0.25, 0.3) is 0 Å². The number of carbonyl (C=O) groups excluding carboxylic acids is 2. The summed E-state index contributed by atoms with van der Waals surface area (Å²) in [7, 11) is 0. The second kappa shape index (κ2) is 10.9. The smallest absolute Gasteiger partial charge is 0.309 e. The highest BCUT2D eigenvalue weighted by Crippen LogP contribution is 2.48. The van der Waals surface area contributed by atoms with Crippen LogP contribution < -0.4 is 0 Å². The van der Waals surface area contributed by atoms with Crippen LogP contribution in [-0.4, -0.2) is 73.0 Å². The summed E-state index contributed by atoms with van der Waals surface area (Å²) in [4.78, 5) is 24.4. The van der Waals surface area contributed by atoms with E-state index in [0.717, 1.165) is 57.8 Å². The van der Waals surface area contributed by atoms with Crippen molar-refractivity contribution in [2.24, 2.45) is 29.6 Å². The molecule has 8 nitrogen and oxygen atoms in total. The van der Waals surface area contributed by atoms with Crippen LogP contribution in [0, 0.1) is 29.6 Å². The molecule has 0 spiro atoms. The molecule has 0 N–H and O–H groups in total. The normalized spacial score (nSPS) is 49.1. The zero-order valence-electron chi connectivity index (χ0n) is 24.3. The third-order valence-electron chi connectivity index (χ3n) is 10.7. The molecule has 0 bridgehead atoms. The lowest BCUT2D eigenvalue weighted by molar-refractivity contribution is -0.155. The minimum Gasteiger partial charge on any atom is -0.465 e. The summed E-state index contributed by atoms with van der Waals surface area (Å²) in [6.07, 6.45) is 11.4. The maximum Gasteiger partial charge on any atom is 0.309 e. The van der Waals surface area contributed by atoms with Crippen LogP contribution in [0.5, 0.6) is 0 Å². The average Bonchev–Trinajstić information content (AvgIpc) is 3.71. The van der Waals surface area contributed by atoms with Crippen LogP contribution in [0.4, 0.5) is 0 Å². The van der Waals surface area contributed by atoms with E-state index in [-0.39, 0.29) is 41.6 Å². The average molecular weight is 549 g/mol. The Bertz CT molecular complexity index is 924. The molecule has 4 heterocycles. The summed E-state index contributed by atoms with van der Waals surface area (Å²) in [5.41, 5.74) is 0.0880. The van der Waals surface area contributed by atoms with Gasteiger partial charge in [-0.1, -0.05) is 27.7 Å². The third kappa shape index (κ3) is 6.49. The monoisotopic (exact) mass is 548 g/mol. The lowest BCUT2D eigenvalue weighted by Gasteiger charge is -2.28. The van der Waals surface area contributed by atoms with Gasteiger partial charge < -0.3 is 28.4 Å². The number of epoxide rings is 4. The fourth-order valence-electron chi connectivity index (χ4n) is 7.34. The number of fused-ring (bicyclic) bond motifs is 3. The molecule has 0 aromatic carbocycles. The van der Waals surface area contributed by atoms with Crippen molar-refractivity contribution in [2.75, 3.05) is 6.61 Å². The lowest BCUT2D eigenvalue weighted by Crippen LogP contribution is -2.33. The Morgan fingerprint density at radius 3 is 2.31 bits per heavy atom. The second-order valence-corrected chi connectivity index (χ2v) is 13.8. The molecule has 3 aliphatic carbocycles. The molecule has 0 radical (unpaired) electrons. The molecule has 7 rings (SSSR count). The predicted octanol–water partition coefficient (Wildman–Crippen LogP) is 4.60. The van der Waals surface area contributed by atoms with Crippen molar-refractivity contribution in [3.05, 3.63) is 0 Å². The molecule has 7 aliphatic rings. The summed E-state index contributed by atoms with van der Waals surface area (Å²) in [5, 5.41) is 0. The molecule has 14 unspecified atom stereocenters. The molecule has 7 fully saturated rings. The number of hydrogen-bond acceptors (Lipinski definition) is 8. The van der Waals surface area contributed by atoms with E-state index >= 15 is 0 Å². The van der Waals surface area contributed by atoms with Gasteiger partial charge in [-0.2, -0.15) is 0 Å².